The van der Waals surface area contributed by atoms with Gasteiger partial charge in [-0.3, -0.25) is 4.79 Å². The SMILES string of the molecule is O=COC(Cc1ccccc1)CC1(S(=O)(=O)c2ccc(OCc3ccccc3)cc2)CCNCC1. The van der Waals surface area contributed by atoms with Crippen molar-refractivity contribution < 1.29 is 22.7 Å². The van der Waals surface area contributed by atoms with E-state index in [1.165, 1.54) is 0 Å². The molecule has 35 heavy (non-hydrogen) atoms. The maximum absolute atomic E-state index is 14.0. The summed E-state index contributed by atoms with van der Waals surface area (Å²) in [6, 6.07) is 26.1. The Morgan fingerprint density at radius 3 is 2.06 bits per heavy atom. The molecule has 1 fully saturated rings. The first kappa shape index (κ1) is 24.9. The molecule has 0 amide bonds. The number of carbonyl (C=O) groups is 1. The smallest absolute Gasteiger partial charge is 0.293 e. The van der Waals surface area contributed by atoms with Gasteiger partial charge in [-0.05, 0) is 61.3 Å². The third-order valence-corrected chi connectivity index (χ3v) is 9.23. The lowest BCUT2D eigenvalue weighted by Crippen LogP contribution is -2.50. The maximum Gasteiger partial charge on any atom is 0.293 e. The van der Waals surface area contributed by atoms with Crippen LogP contribution in [-0.2, 0) is 32.4 Å². The summed E-state index contributed by atoms with van der Waals surface area (Å²) in [4.78, 5) is 11.5. The lowest BCUT2D eigenvalue weighted by molar-refractivity contribution is -0.134. The van der Waals surface area contributed by atoms with E-state index in [-0.39, 0.29) is 11.3 Å². The maximum atomic E-state index is 14.0. The monoisotopic (exact) mass is 493 g/mol. The lowest BCUT2D eigenvalue weighted by atomic mass is 9.88. The van der Waals surface area contributed by atoms with Gasteiger partial charge in [0.05, 0.1) is 9.64 Å². The molecule has 3 aromatic rings. The molecule has 1 saturated heterocycles. The second-order valence-corrected chi connectivity index (χ2v) is 11.3. The highest BCUT2D eigenvalue weighted by Gasteiger charge is 2.47. The standard InChI is InChI=1S/C28H31NO5S/c30-22-34-26(19-23-7-3-1-4-8-23)20-28(15-17-29-18-16-28)35(31,32)27-13-11-25(12-14-27)33-21-24-9-5-2-6-10-24/h1-14,22,26,29H,15-21H2. The van der Waals surface area contributed by atoms with E-state index in [2.05, 4.69) is 5.32 Å². The number of rotatable bonds is 11. The molecule has 1 N–H and O–H groups in total. The molecule has 1 atom stereocenters. The molecule has 4 rings (SSSR count). The van der Waals surface area contributed by atoms with Crippen LogP contribution in [0.4, 0.5) is 0 Å². The third-order valence-electron chi connectivity index (χ3n) is 6.62. The first-order valence-corrected chi connectivity index (χ1v) is 13.4. The highest BCUT2D eigenvalue weighted by Crippen LogP contribution is 2.39. The van der Waals surface area contributed by atoms with Gasteiger partial charge < -0.3 is 14.8 Å². The van der Waals surface area contributed by atoms with Gasteiger partial charge in [0.1, 0.15) is 18.5 Å². The average Bonchev–Trinajstić information content (AvgIpc) is 2.89. The molecule has 0 bridgehead atoms. The summed E-state index contributed by atoms with van der Waals surface area (Å²) in [6.07, 6.45) is 1.09. The first-order valence-electron chi connectivity index (χ1n) is 11.9. The lowest BCUT2D eigenvalue weighted by Gasteiger charge is -2.39. The van der Waals surface area contributed by atoms with Crippen molar-refractivity contribution in [1.29, 1.82) is 0 Å². The van der Waals surface area contributed by atoms with Crippen LogP contribution in [0.1, 0.15) is 30.4 Å². The van der Waals surface area contributed by atoms with Gasteiger partial charge in [0, 0.05) is 12.8 Å². The second kappa shape index (κ2) is 11.5. The minimum Gasteiger partial charge on any atom is -0.489 e. The van der Waals surface area contributed by atoms with Crippen LogP contribution in [-0.4, -0.2) is 38.8 Å². The molecular weight excluding hydrogens is 462 g/mol. The summed E-state index contributed by atoms with van der Waals surface area (Å²) in [5, 5.41) is 3.26. The molecule has 0 saturated carbocycles. The minimum atomic E-state index is -3.70. The summed E-state index contributed by atoms with van der Waals surface area (Å²) in [5.41, 5.74) is 2.04. The summed E-state index contributed by atoms with van der Waals surface area (Å²) in [7, 11) is -3.70. The Morgan fingerprint density at radius 2 is 1.46 bits per heavy atom. The number of carbonyl (C=O) groups excluding carboxylic acids is 1. The molecular formula is C28H31NO5S. The Kier molecular flexibility index (Phi) is 8.21. The molecule has 7 heteroatoms. The number of hydrogen-bond acceptors (Lipinski definition) is 6. The van der Waals surface area contributed by atoms with Crippen LogP contribution in [0.5, 0.6) is 5.75 Å². The highest BCUT2D eigenvalue weighted by atomic mass is 32.2. The zero-order valence-electron chi connectivity index (χ0n) is 19.6. The van der Waals surface area contributed by atoms with E-state index >= 15 is 0 Å². The Morgan fingerprint density at radius 1 is 0.857 bits per heavy atom. The van der Waals surface area contributed by atoms with Gasteiger partial charge >= 0.3 is 0 Å². The Hall–Kier alpha value is -3.16. The van der Waals surface area contributed by atoms with Crippen molar-refractivity contribution in [3.05, 3.63) is 96.1 Å². The van der Waals surface area contributed by atoms with Crippen LogP contribution in [0, 0.1) is 0 Å². The molecule has 184 valence electrons. The summed E-state index contributed by atoms with van der Waals surface area (Å²) < 4.78 is 38.2. The molecule has 0 radical (unpaired) electrons. The number of piperidine rings is 1. The van der Waals surface area contributed by atoms with Gasteiger partial charge in [-0.25, -0.2) is 8.42 Å². The van der Waals surface area contributed by atoms with Crippen LogP contribution in [0.25, 0.3) is 0 Å². The fraction of sp³-hybridized carbons (Fsp3) is 0.321. The predicted molar refractivity (Wildman–Crippen MR) is 135 cm³/mol. The van der Waals surface area contributed by atoms with Crippen LogP contribution >= 0.6 is 0 Å². The number of nitrogens with one attached hydrogen (secondary N) is 1. The molecule has 1 aliphatic heterocycles. The molecule has 6 nitrogen and oxygen atoms in total. The van der Waals surface area contributed by atoms with Gasteiger partial charge in [-0.1, -0.05) is 60.7 Å². The number of ether oxygens (including phenoxy) is 2. The third kappa shape index (κ3) is 6.10. The second-order valence-electron chi connectivity index (χ2n) is 8.93. The van der Waals surface area contributed by atoms with E-state index in [1.54, 1.807) is 24.3 Å². The van der Waals surface area contributed by atoms with Crippen LogP contribution < -0.4 is 10.1 Å². The fourth-order valence-corrected chi connectivity index (χ4v) is 6.85. The van der Waals surface area contributed by atoms with E-state index < -0.39 is 20.7 Å². The molecule has 1 unspecified atom stereocenters. The zero-order chi connectivity index (χ0) is 24.6. The summed E-state index contributed by atoms with van der Waals surface area (Å²) >= 11 is 0. The van der Waals surface area contributed by atoms with Crippen LogP contribution in [0.3, 0.4) is 0 Å². The Bertz CT molecular complexity index is 1180. The van der Waals surface area contributed by atoms with Crippen molar-refractivity contribution >= 4 is 16.3 Å². The molecule has 1 aliphatic rings. The van der Waals surface area contributed by atoms with Gasteiger partial charge in [0.25, 0.3) is 6.47 Å². The van der Waals surface area contributed by atoms with Crippen molar-refractivity contribution in [2.45, 2.75) is 48.0 Å². The molecule has 0 aliphatic carbocycles. The van der Waals surface area contributed by atoms with E-state index in [9.17, 15) is 13.2 Å². The molecule has 3 aromatic carbocycles. The largest absolute Gasteiger partial charge is 0.489 e. The molecule has 0 aromatic heterocycles. The van der Waals surface area contributed by atoms with Gasteiger partial charge in [0.15, 0.2) is 9.84 Å². The average molecular weight is 494 g/mol. The summed E-state index contributed by atoms with van der Waals surface area (Å²) in [5.74, 6) is 0.610. The predicted octanol–water partition coefficient (Wildman–Crippen LogP) is 4.34. The molecule has 1 heterocycles. The van der Waals surface area contributed by atoms with Crippen molar-refractivity contribution in [3.63, 3.8) is 0 Å². The van der Waals surface area contributed by atoms with E-state index in [1.807, 2.05) is 60.7 Å². The normalized spacial score (nSPS) is 16.2. The van der Waals surface area contributed by atoms with E-state index in [4.69, 9.17) is 9.47 Å². The highest BCUT2D eigenvalue weighted by molar-refractivity contribution is 7.92. The topological polar surface area (TPSA) is 81.7 Å². The van der Waals surface area contributed by atoms with Gasteiger partial charge in [-0.15, -0.1) is 0 Å². The van der Waals surface area contributed by atoms with Crippen LogP contribution in [0.2, 0.25) is 0 Å². The number of sulfone groups is 1. The number of benzene rings is 3. The summed E-state index contributed by atoms with van der Waals surface area (Å²) in [6.45, 7) is 2.02. The van der Waals surface area contributed by atoms with Crippen molar-refractivity contribution in [2.75, 3.05) is 13.1 Å². The van der Waals surface area contributed by atoms with Gasteiger partial charge in [0.2, 0.25) is 0 Å². The van der Waals surface area contributed by atoms with Crippen molar-refractivity contribution in [2.24, 2.45) is 0 Å². The fourth-order valence-electron chi connectivity index (χ4n) is 4.71. The van der Waals surface area contributed by atoms with Crippen LogP contribution in [0.15, 0.2) is 89.8 Å². The Balaban J connectivity index is 1.54. The Labute approximate surface area is 207 Å². The number of hydrogen-bond donors (Lipinski definition) is 1. The quantitative estimate of drug-likeness (QED) is 0.400. The van der Waals surface area contributed by atoms with Gasteiger partial charge in [-0.2, -0.15) is 0 Å². The van der Waals surface area contributed by atoms with E-state index in [0.717, 1.165) is 11.1 Å². The minimum absolute atomic E-state index is 0.247. The van der Waals surface area contributed by atoms with E-state index in [0.29, 0.717) is 51.2 Å². The first-order chi connectivity index (χ1) is 17.0. The van der Waals surface area contributed by atoms with Crippen molar-refractivity contribution in [3.8, 4) is 5.75 Å². The van der Waals surface area contributed by atoms with Crippen molar-refractivity contribution in [1.82, 2.24) is 5.32 Å². The molecule has 0 spiro atoms. The zero-order valence-corrected chi connectivity index (χ0v) is 20.5.